The number of nitrogens with one attached hydrogen (secondary N) is 1. The molecule has 6 rings (SSSR count). The highest BCUT2D eigenvalue weighted by Crippen LogP contribution is 2.67. The zero-order valence-electron chi connectivity index (χ0n) is 46.2. The van der Waals surface area contributed by atoms with Crippen molar-refractivity contribution in [3.63, 3.8) is 0 Å². The van der Waals surface area contributed by atoms with E-state index in [4.69, 9.17) is 44.3 Å². The summed E-state index contributed by atoms with van der Waals surface area (Å²) in [6.45, 7) is 14.5. The van der Waals surface area contributed by atoms with Crippen molar-refractivity contribution in [3.05, 3.63) is 128 Å². The van der Waals surface area contributed by atoms with Crippen LogP contribution < -0.4 is 11.1 Å². The number of amidine groups is 1. The third kappa shape index (κ3) is 21.8. The van der Waals surface area contributed by atoms with E-state index in [0.717, 1.165) is 0 Å². The number of aliphatic hydroxyl groups excluding tert-OH is 2. The summed E-state index contributed by atoms with van der Waals surface area (Å²) in [5.74, 6) is -0.557. The van der Waals surface area contributed by atoms with E-state index in [0.29, 0.717) is 16.7 Å². The number of aliphatic imine (C=N–C) groups is 1. The molecular formula is C43H63N7O31P6. The number of phosphoric acid groups is 6. The first kappa shape index (κ1) is 73.1. The number of ether oxygens (including phenoxy) is 4. The van der Waals surface area contributed by atoms with Crippen LogP contribution in [0.5, 0.6) is 0 Å². The first-order valence-corrected chi connectivity index (χ1v) is 33.9. The third-order valence-electron chi connectivity index (χ3n) is 12.1. The molecule has 0 aromatic heterocycles. The van der Waals surface area contributed by atoms with Crippen molar-refractivity contribution in [2.45, 2.75) is 96.5 Å². The summed E-state index contributed by atoms with van der Waals surface area (Å²) >= 11 is 0. The van der Waals surface area contributed by atoms with Gasteiger partial charge < -0.3 is 89.2 Å². The summed E-state index contributed by atoms with van der Waals surface area (Å²) in [7, 11) is -33.5. The Morgan fingerprint density at radius 2 is 1.11 bits per heavy atom. The number of hydrogen-bond donors (Lipinski definition) is 12. The van der Waals surface area contributed by atoms with Crippen molar-refractivity contribution >= 4 is 70.1 Å². The fourth-order valence-electron chi connectivity index (χ4n) is 8.46. The Morgan fingerprint density at radius 3 is 1.56 bits per heavy atom. The van der Waals surface area contributed by atoms with Crippen molar-refractivity contribution in [1.29, 1.82) is 0 Å². The number of nitrogens with two attached hydrogens (primary N) is 1. The summed E-state index contributed by atoms with van der Waals surface area (Å²) < 4.78 is 116. The maximum absolute atomic E-state index is 12.7. The topological polar surface area (TPSA) is 557 Å². The molecule has 12 atom stereocenters. The van der Waals surface area contributed by atoms with Gasteiger partial charge >= 0.3 is 46.9 Å². The molecule has 4 unspecified atom stereocenters. The third-order valence-corrected chi connectivity index (χ3v) is 19.7. The van der Waals surface area contributed by atoms with Crippen LogP contribution in [0.15, 0.2) is 102 Å². The highest BCUT2D eigenvalue weighted by Gasteiger charge is 2.46. The lowest BCUT2D eigenvalue weighted by atomic mass is 9.84. The molecule has 0 spiro atoms. The quantitative estimate of drug-likeness (QED) is 0.0334. The number of carbonyl (C=O) groups is 1. The van der Waals surface area contributed by atoms with Crippen molar-refractivity contribution < 1.29 is 137 Å². The van der Waals surface area contributed by atoms with Gasteiger partial charge in [0.25, 0.3) is 17.3 Å². The average Bonchev–Trinajstić information content (AvgIpc) is 2.04. The number of nitro groups is 2. The molecule has 2 aromatic rings. The molecule has 4 aliphatic heterocycles. The molecule has 0 aliphatic carbocycles. The summed E-state index contributed by atoms with van der Waals surface area (Å²) in [4.78, 5) is 114. The van der Waals surface area contributed by atoms with Crippen LogP contribution in [-0.4, -0.2) is 144 Å². The zero-order chi connectivity index (χ0) is 65.6. The van der Waals surface area contributed by atoms with Crippen LogP contribution in [0.4, 0.5) is 11.4 Å². The molecule has 4 heterocycles. The Balaban J connectivity index is 0.000000317. The van der Waals surface area contributed by atoms with E-state index >= 15 is 0 Å². The second-order valence-corrected chi connectivity index (χ2v) is 29.1. The average molecular weight is 1360 g/mol. The first-order chi connectivity index (χ1) is 39.9. The Kier molecular flexibility index (Phi) is 24.4. The summed E-state index contributed by atoms with van der Waals surface area (Å²) in [6.07, 6.45) is -6.14. The molecule has 13 N–H and O–H groups in total. The number of amides is 1. The van der Waals surface area contributed by atoms with Crippen LogP contribution >= 0.6 is 46.9 Å². The largest absolute Gasteiger partial charge is 0.490 e. The molecule has 2 saturated heterocycles. The fraction of sp³-hybridized carbons (Fsp3) is 0.488. The van der Waals surface area contributed by atoms with Gasteiger partial charge in [-0.25, -0.2) is 32.4 Å². The maximum Gasteiger partial charge on any atom is 0.490 e. The number of phosphoric ester groups is 2. The number of nitro benzene ring substituents is 2. The molecule has 87 heavy (non-hydrogen) atoms. The van der Waals surface area contributed by atoms with E-state index in [9.17, 15) is 82.2 Å². The normalized spacial score (nSPS) is 24.7. The standard InChI is InChI=1S/C22H32N3O16P3.C21H31N4O15P3/c1-13-23-21(27)14(11-37-20(22(2,3)4)15-7-5-6-8-16(15)25(28)29)10-24(13)19-9-17(26)18(39-19)12-38-43(33,34)41-44(35,36)40-42(30,31)32;1-12(2)20(15-6-4-5-7-16(15)25(27)28)36-10-14-9-24(13(3)23-21(14)22)19-8-17(26)18(38-19)11-37-42(32,33)40-43(34,35)39-41(29,30)31/h5-8,10,17-20,26H,1,9,11-12H2,2-4H3,(H,23,27)(H,33,34)(H,35,36)(H2,30,31,32);4-7,9,12,17-20,26H,3,8,10-11H2,1-2H3,(H2,22,23)(H,32,33)(H,34,35)(H2,29,30,31)/t2*17-,18-,19-,20+/m11/s1. The predicted octanol–water partition coefficient (Wildman–Crippen LogP) is 4.46. The Hall–Kier alpha value is -4.68. The lowest BCUT2D eigenvalue weighted by molar-refractivity contribution is -0.386. The molecule has 1 amide bonds. The Bertz CT molecular complexity index is 3310. The number of carbonyl (C=O) groups excluding carboxylic acids is 1. The molecule has 38 nitrogen and oxygen atoms in total. The predicted molar refractivity (Wildman–Crippen MR) is 294 cm³/mol. The summed E-state index contributed by atoms with van der Waals surface area (Å²) in [5.41, 5.74) is 6.28. The summed E-state index contributed by atoms with van der Waals surface area (Å²) in [6, 6.07) is 12.2. The van der Waals surface area contributed by atoms with Crippen LogP contribution in [-0.2, 0) is 77.4 Å². The lowest BCUT2D eigenvalue weighted by Crippen LogP contribution is -2.44. The van der Waals surface area contributed by atoms with Gasteiger partial charge in [0, 0.05) is 42.9 Å². The Morgan fingerprint density at radius 1 is 0.690 bits per heavy atom. The Labute approximate surface area is 493 Å². The van der Waals surface area contributed by atoms with Gasteiger partial charge in [0.15, 0.2) is 0 Å². The maximum atomic E-state index is 12.7. The molecular weight excluding hydrogens is 1300 g/mol. The molecule has 0 bridgehead atoms. The molecule has 44 heteroatoms. The highest BCUT2D eigenvalue weighted by molar-refractivity contribution is 7.67. The van der Waals surface area contributed by atoms with Gasteiger partial charge in [-0.3, -0.25) is 34.1 Å². The van der Waals surface area contributed by atoms with E-state index in [2.05, 4.69) is 49.8 Å². The van der Waals surface area contributed by atoms with Gasteiger partial charge in [-0.1, -0.05) is 72.0 Å². The monoisotopic (exact) mass is 1360 g/mol. The van der Waals surface area contributed by atoms with Crippen LogP contribution in [0.1, 0.15) is 70.8 Å². The first-order valence-electron chi connectivity index (χ1n) is 24.8. The van der Waals surface area contributed by atoms with Gasteiger partial charge in [-0.15, -0.1) is 0 Å². The van der Waals surface area contributed by atoms with E-state index < -0.39 is 130 Å². The van der Waals surface area contributed by atoms with Crippen LogP contribution in [0, 0.1) is 31.6 Å². The molecule has 2 aromatic carbocycles. The number of aliphatic hydroxyl groups is 2. The number of rotatable bonds is 27. The second-order valence-electron chi connectivity index (χ2n) is 20.2. The van der Waals surface area contributed by atoms with Crippen LogP contribution in [0.3, 0.4) is 0 Å². The number of para-hydroxylation sites is 2. The fourth-order valence-corrected chi connectivity index (χ4v) is 14.5. The number of benzene rings is 2. The molecule has 2 fully saturated rings. The van der Waals surface area contributed by atoms with E-state index in [1.807, 2.05) is 34.6 Å². The second kappa shape index (κ2) is 29.1. The zero-order valence-corrected chi connectivity index (χ0v) is 51.5. The van der Waals surface area contributed by atoms with Gasteiger partial charge in [-0.05, 0) is 23.5 Å². The van der Waals surface area contributed by atoms with Crippen LogP contribution in [0.2, 0.25) is 0 Å². The minimum absolute atomic E-state index is 0.0376. The minimum Gasteiger partial charge on any atom is -0.390 e. The van der Waals surface area contributed by atoms with Gasteiger partial charge in [-0.2, -0.15) is 17.2 Å². The van der Waals surface area contributed by atoms with Crippen molar-refractivity contribution in [1.82, 2.24) is 15.1 Å². The highest BCUT2D eigenvalue weighted by atomic mass is 31.3. The molecule has 0 saturated carbocycles. The molecule has 486 valence electrons. The van der Waals surface area contributed by atoms with E-state index in [1.165, 1.54) is 40.4 Å². The van der Waals surface area contributed by atoms with Crippen molar-refractivity contribution in [2.75, 3.05) is 26.4 Å². The van der Waals surface area contributed by atoms with Crippen LogP contribution in [0.25, 0.3) is 0 Å². The lowest BCUT2D eigenvalue weighted by Gasteiger charge is -2.35. The van der Waals surface area contributed by atoms with Gasteiger partial charge in [0.05, 0.1) is 77.4 Å². The molecule has 4 aliphatic rings. The van der Waals surface area contributed by atoms with Gasteiger partial charge in [0.2, 0.25) is 0 Å². The SMILES string of the molecule is C=C1N=C(N)C(CO[C@H](c2ccccc2[N+](=O)[O-])C(C)C)=CN1[C@H]1C[C@@H](O)[C@@H](COP(=O)(O)OP(=O)(O)OP(=O)(O)O)O1.C=C1NC(=O)C(CO[C@@H](c2ccccc2[N+](=O)[O-])C(C)(C)C)=CN1[C@H]1C[C@@H](O)[C@@H](COP(=O)(O)OP(=O)(O)OP(=O)(O)O)O1. The van der Waals surface area contributed by atoms with Crippen molar-refractivity contribution in [2.24, 2.45) is 22.1 Å². The summed E-state index contributed by atoms with van der Waals surface area (Å²) in [5, 5.41) is 46.6. The number of hydrogen-bond acceptors (Lipinski definition) is 27. The smallest absolute Gasteiger partial charge is 0.390 e. The minimum atomic E-state index is -5.74. The van der Waals surface area contributed by atoms with Gasteiger partial charge in [0.1, 0.15) is 42.1 Å². The van der Waals surface area contributed by atoms with Crippen molar-refractivity contribution in [3.8, 4) is 0 Å². The molecule has 0 radical (unpaired) electrons. The number of nitrogens with zero attached hydrogens (tertiary/aromatic N) is 5. The van der Waals surface area contributed by atoms with E-state index in [1.54, 1.807) is 30.3 Å². The van der Waals surface area contributed by atoms with E-state index in [-0.39, 0.29) is 66.4 Å².